The molecule has 20 heavy (non-hydrogen) atoms. The van der Waals surface area contributed by atoms with Crippen molar-refractivity contribution in [3.8, 4) is 0 Å². The molecule has 0 radical (unpaired) electrons. The molecule has 0 aliphatic carbocycles. The van der Waals surface area contributed by atoms with Crippen LogP contribution < -0.4 is 0 Å². The van der Waals surface area contributed by atoms with Crippen molar-refractivity contribution in [2.24, 2.45) is 0 Å². The number of aryl methyl sites for hydroxylation is 1. The van der Waals surface area contributed by atoms with E-state index in [1.165, 1.54) is 19.1 Å². The zero-order valence-corrected chi connectivity index (χ0v) is 12.5. The van der Waals surface area contributed by atoms with E-state index in [0.717, 1.165) is 18.4 Å². The van der Waals surface area contributed by atoms with Crippen molar-refractivity contribution in [1.82, 2.24) is 4.90 Å². The fourth-order valence-electron chi connectivity index (χ4n) is 2.36. The van der Waals surface area contributed by atoms with E-state index in [4.69, 9.17) is 4.18 Å². The third kappa shape index (κ3) is 3.37. The second-order valence-electron chi connectivity index (χ2n) is 5.06. The predicted octanol–water partition coefficient (Wildman–Crippen LogP) is 1.71. The number of nitrogens with zero attached hydrogens (tertiary/aromatic N) is 1. The van der Waals surface area contributed by atoms with Gasteiger partial charge >= 0.3 is 0 Å². The van der Waals surface area contributed by atoms with Gasteiger partial charge in [-0.2, -0.15) is 8.42 Å². The number of amides is 1. The molecule has 1 saturated heterocycles. The van der Waals surface area contributed by atoms with Gasteiger partial charge in [0.1, 0.15) is 0 Å². The van der Waals surface area contributed by atoms with Crippen molar-refractivity contribution in [3.05, 3.63) is 29.8 Å². The van der Waals surface area contributed by atoms with E-state index in [2.05, 4.69) is 0 Å². The minimum absolute atomic E-state index is 0.0236. The lowest BCUT2D eigenvalue weighted by Crippen LogP contribution is -2.37. The second-order valence-corrected chi connectivity index (χ2v) is 6.68. The number of hydrogen-bond acceptors (Lipinski definition) is 4. The van der Waals surface area contributed by atoms with Gasteiger partial charge in [-0.25, -0.2) is 0 Å². The first kappa shape index (κ1) is 15.0. The van der Waals surface area contributed by atoms with Crippen molar-refractivity contribution >= 4 is 16.0 Å². The highest BCUT2D eigenvalue weighted by atomic mass is 32.2. The van der Waals surface area contributed by atoms with Crippen LogP contribution in [0.1, 0.15) is 25.3 Å². The molecular weight excluding hydrogens is 278 g/mol. The largest absolute Gasteiger partial charge is 0.338 e. The van der Waals surface area contributed by atoms with Crippen LogP contribution in [0.25, 0.3) is 0 Å². The Balaban J connectivity index is 2.02. The average molecular weight is 297 g/mol. The van der Waals surface area contributed by atoms with Crippen molar-refractivity contribution in [2.45, 2.75) is 37.6 Å². The van der Waals surface area contributed by atoms with Gasteiger partial charge in [-0.1, -0.05) is 17.7 Å². The quantitative estimate of drug-likeness (QED) is 0.794. The van der Waals surface area contributed by atoms with Crippen LogP contribution in [-0.4, -0.2) is 38.4 Å². The Hall–Kier alpha value is -1.40. The lowest BCUT2D eigenvalue weighted by atomic mass is 10.2. The maximum atomic E-state index is 12.1. The summed E-state index contributed by atoms with van der Waals surface area (Å²) in [6.07, 6.45) is 1.67. The maximum absolute atomic E-state index is 12.1. The third-order valence-corrected chi connectivity index (χ3v) is 4.80. The summed E-state index contributed by atoms with van der Waals surface area (Å²) < 4.78 is 29.2. The Bertz CT molecular complexity index is 580. The molecule has 0 N–H and O–H groups in total. The number of rotatable bonds is 4. The van der Waals surface area contributed by atoms with E-state index in [9.17, 15) is 13.2 Å². The van der Waals surface area contributed by atoms with Crippen LogP contribution in [0.15, 0.2) is 29.2 Å². The first-order valence-corrected chi connectivity index (χ1v) is 8.04. The fraction of sp³-hybridized carbons (Fsp3) is 0.500. The van der Waals surface area contributed by atoms with Crippen LogP contribution >= 0.6 is 0 Å². The zero-order valence-electron chi connectivity index (χ0n) is 11.7. The number of hydrogen-bond donors (Lipinski definition) is 0. The molecule has 1 aliphatic rings. The van der Waals surface area contributed by atoms with Gasteiger partial charge in [-0.05, 0) is 31.9 Å². The highest BCUT2D eigenvalue weighted by Gasteiger charge is 2.28. The molecule has 110 valence electrons. The molecule has 1 aromatic rings. The van der Waals surface area contributed by atoms with E-state index >= 15 is 0 Å². The normalized spacial score (nSPS) is 19.3. The predicted molar refractivity (Wildman–Crippen MR) is 74.7 cm³/mol. The van der Waals surface area contributed by atoms with Crippen molar-refractivity contribution in [2.75, 3.05) is 13.2 Å². The van der Waals surface area contributed by atoms with Crippen molar-refractivity contribution in [3.63, 3.8) is 0 Å². The Kier molecular flexibility index (Phi) is 4.45. The van der Waals surface area contributed by atoms with Crippen LogP contribution in [0, 0.1) is 6.92 Å². The topological polar surface area (TPSA) is 63.7 Å². The minimum atomic E-state index is -3.75. The summed E-state index contributed by atoms with van der Waals surface area (Å²) in [7, 11) is -3.75. The van der Waals surface area contributed by atoms with Crippen molar-refractivity contribution in [1.29, 1.82) is 0 Å². The molecule has 1 unspecified atom stereocenters. The number of benzene rings is 1. The zero-order chi connectivity index (χ0) is 14.8. The van der Waals surface area contributed by atoms with Gasteiger partial charge in [0, 0.05) is 13.5 Å². The van der Waals surface area contributed by atoms with E-state index in [1.54, 1.807) is 17.0 Å². The molecule has 1 aromatic carbocycles. The second kappa shape index (κ2) is 5.93. The Morgan fingerprint density at radius 3 is 2.60 bits per heavy atom. The van der Waals surface area contributed by atoms with Gasteiger partial charge in [0.2, 0.25) is 5.91 Å². The highest BCUT2D eigenvalue weighted by molar-refractivity contribution is 7.86. The molecule has 1 heterocycles. The summed E-state index contributed by atoms with van der Waals surface area (Å²) in [5, 5.41) is 0. The molecule has 0 spiro atoms. The molecule has 0 saturated carbocycles. The number of likely N-dealkylation sites (tertiary alicyclic amines) is 1. The number of carbonyl (C=O) groups is 1. The van der Waals surface area contributed by atoms with Crippen LogP contribution in [0.2, 0.25) is 0 Å². The molecule has 1 amide bonds. The summed E-state index contributed by atoms with van der Waals surface area (Å²) in [5.41, 5.74) is 0.988. The van der Waals surface area contributed by atoms with E-state index < -0.39 is 10.1 Å². The third-order valence-electron chi connectivity index (χ3n) is 3.51. The van der Waals surface area contributed by atoms with E-state index in [-0.39, 0.29) is 23.5 Å². The Labute approximate surface area is 119 Å². The van der Waals surface area contributed by atoms with Gasteiger partial charge < -0.3 is 4.90 Å². The van der Waals surface area contributed by atoms with Crippen LogP contribution in [0.3, 0.4) is 0 Å². The van der Waals surface area contributed by atoms with E-state index in [0.29, 0.717) is 6.54 Å². The first-order valence-electron chi connectivity index (χ1n) is 6.63. The molecule has 6 heteroatoms. The van der Waals surface area contributed by atoms with Crippen LogP contribution in [-0.2, 0) is 19.1 Å². The van der Waals surface area contributed by atoms with Crippen molar-refractivity contribution < 1.29 is 17.4 Å². The summed E-state index contributed by atoms with van der Waals surface area (Å²) in [4.78, 5) is 13.2. The number of carbonyl (C=O) groups excluding carboxylic acids is 1. The molecule has 0 aromatic heterocycles. The Morgan fingerprint density at radius 2 is 2.00 bits per heavy atom. The monoisotopic (exact) mass is 297 g/mol. The highest BCUT2D eigenvalue weighted by Crippen LogP contribution is 2.20. The minimum Gasteiger partial charge on any atom is -0.338 e. The molecule has 2 rings (SSSR count). The van der Waals surface area contributed by atoms with Gasteiger partial charge in [0.25, 0.3) is 10.1 Å². The standard InChI is InChI=1S/C14H19NO4S/c1-11-5-7-14(8-6-11)20(17,18)19-10-13-4-3-9-15(13)12(2)16/h5-8,13H,3-4,9-10H2,1-2H3. The van der Waals surface area contributed by atoms with Crippen LogP contribution in [0.5, 0.6) is 0 Å². The molecule has 1 atom stereocenters. The maximum Gasteiger partial charge on any atom is 0.297 e. The van der Waals surface area contributed by atoms with Gasteiger partial charge in [0.15, 0.2) is 0 Å². The molecule has 5 nitrogen and oxygen atoms in total. The summed E-state index contributed by atoms with van der Waals surface area (Å²) >= 11 is 0. The Morgan fingerprint density at radius 1 is 1.35 bits per heavy atom. The molecule has 0 bridgehead atoms. The van der Waals surface area contributed by atoms with Crippen LogP contribution in [0.4, 0.5) is 0 Å². The fourth-order valence-corrected chi connectivity index (χ4v) is 3.31. The van der Waals surface area contributed by atoms with Gasteiger partial charge in [-0.15, -0.1) is 0 Å². The lowest BCUT2D eigenvalue weighted by molar-refractivity contribution is -0.130. The van der Waals surface area contributed by atoms with Gasteiger partial charge in [-0.3, -0.25) is 8.98 Å². The summed E-state index contributed by atoms with van der Waals surface area (Å²) in [5.74, 6) is -0.0381. The summed E-state index contributed by atoms with van der Waals surface area (Å²) in [6.45, 7) is 4.08. The SMILES string of the molecule is CC(=O)N1CCCC1COS(=O)(=O)c1ccc(C)cc1. The molecule has 1 aliphatic heterocycles. The van der Waals surface area contributed by atoms with E-state index in [1.807, 2.05) is 6.92 Å². The average Bonchev–Trinajstić information content (AvgIpc) is 2.85. The lowest BCUT2D eigenvalue weighted by Gasteiger charge is -2.22. The first-order chi connectivity index (χ1) is 9.40. The summed E-state index contributed by atoms with van der Waals surface area (Å²) in [6, 6.07) is 6.37. The van der Waals surface area contributed by atoms with Gasteiger partial charge in [0.05, 0.1) is 17.5 Å². The molecule has 1 fully saturated rings. The molecular formula is C14H19NO4S. The smallest absolute Gasteiger partial charge is 0.297 e.